The molecule has 2 aromatic rings. The summed E-state index contributed by atoms with van der Waals surface area (Å²) in [4.78, 5) is 19.9. The Balaban J connectivity index is 2.18. The predicted molar refractivity (Wildman–Crippen MR) is 74.0 cm³/mol. The molecule has 0 unspecified atom stereocenters. The number of pyridine rings is 2. The molecule has 0 atom stereocenters. The van der Waals surface area contributed by atoms with Crippen molar-refractivity contribution in [1.29, 1.82) is 0 Å². The van der Waals surface area contributed by atoms with Crippen molar-refractivity contribution in [2.45, 2.75) is 6.92 Å². The van der Waals surface area contributed by atoms with Gasteiger partial charge in [0.2, 0.25) is 0 Å². The number of halogens is 1. The van der Waals surface area contributed by atoms with Crippen LogP contribution in [-0.4, -0.2) is 15.9 Å². The highest BCUT2D eigenvalue weighted by atomic mass is 35.5. The third-order valence-corrected chi connectivity index (χ3v) is 2.66. The number of anilines is 2. The highest BCUT2D eigenvalue weighted by molar-refractivity contribution is 6.33. The zero-order chi connectivity index (χ0) is 13.8. The number of hydrazine groups is 1. The zero-order valence-electron chi connectivity index (χ0n) is 10.1. The molecule has 0 aromatic carbocycles. The topological polar surface area (TPSA) is 92.9 Å². The Hall–Kier alpha value is -2.18. The number of nitrogen functional groups attached to an aromatic ring is 1. The summed E-state index contributed by atoms with van der Waals surface area (Å²) < 4.78 is 0. The monoisotopic (exact) mass is 277 g/mol. The molecule has 2 heterocycles. The van der Waals surface area contributed by atoms with E-state index in [1.54, 1.807) is 12.4 Å². The van der Waals surface area contributed by atoms with E-state index in [1.165, 1.54) is 12.3 Å². The molecule has 1 amide bonds. The number of nitrogens with one attached hydrogen (secondary N) is 2. The van der Waals surface area contributed by atoms with Gasteiger partial charge >= 0.3 is 0 Å². The number of carbonyl (C=O) groups is 1. The van der Waals surface area contributed by atoms with E-state index < -0.39 is 0 Å². The molecule has 7 heteroatoms. The summed E-state index contributed by atoms with van der Waals surface area (Å²) in [6.45, 7) is 1.89. The summed E-state index contributed by atoms with van der Waals surface area (Å²) in [6.07, 6.45) is 4.66. The third kappa shape index (κ3) is 3.18. The Kier molecular flexibility index (Phi) is 3.94. The molecule has 4 N–H and O–H groups in total. The smallest absolute Gasteiger partial charge is 0.257 e. The SMILES string of the molecule is Cc1cncc(NC(=O)c2cnc(NN)c(Cl)c2)c1. The lowest BCUT2D eigenvalue weighted by Gasteiger charge is -2.07. The predicted octanol–water partition coefficient (Wildman–Crippen LogP) is 1.98. The lowest BCUT2D eigenvalue weighted by atomic mass is 10.2. The summed E-state index contributed by atoms with van der Waals surface area (Å²) in [5.74, 6) is 5.21. The van der Waals surface area contributed by atoms with Gasteiger partial charge in [-0.3, -0.25) is 9.78 Å². The molecule has 98 valence electrons. The Morgan fingerprint density at radius 2 is 2.11 bits per heavy atom. The fourth-order valence-electron chi connectivity index (χ4n) is 1.49. The van der Waals surface area contributed by atoms with Gasteiger partial charge < -0.3 is 10.7 Å². The Bertz CT molecular complexity index is 617. The minimum absolute atomic E-state index is 0.275. The second-order valence-electron chi connectivity index (χ2n) is 3.90. The number of aromatic nitrogens is 2. The molecule has 0 spiro atoms. The van der Waals surface area contributed by atoms with Crippen LogP contribution in [0.3, 0.4) is 0 Å². The number of hydrogen-bond acceptors (Lipinski definition) is 5. The molecular weight excluding hydrogens is 266 g/mol. The molecule has 6 nitrogen and oxygen atoms in total. The minimum Gasteiger partial charge on any atom is -0.321 e. The molecule has 19 heavy (non-hydrogen) atoms. The minimum atomic E-state index is -0.314. The number of amides is 1. The van der Waals surface area contributed by atoms with E-state index in [-0.39, 0.29) is 10.9 Å². The van der Waals surface area contributed by atoms with Crippen LogP contribution in [0.1, 0.15) is 15.9 Å². The number of nitrogens with zero attached hydrogens (tertiary/aromatic N) is 2. The van der Waals surface area contributed by atoms with Crippen LogP contribution in [0.25, 0.3) is 0 Å². The van der Waals surface area contributed by atoms with Gasteiger partial charge in [-0.2, -0.15) is 0 Å². The fraction of sp³-hybridized carbons (Fsp3) is 0.0833. The molecule has 0 radical (unpaired) electrons. The first-order valence-electron chi connectivity index (χ1n) is 5.45. The van der Waals surface area contributed by atoms with Crippen LogP contribution in [0.2, 0.25) is 5.02 Å². The molecule has 0 bridgehead atoms. The van der Waals surface area contributed by atoms with Gasteiger partial charge in [-0.05, 0) is 24.6 Å². The van der Waals surface area contributed by atoms with Gasteiger partial charge in [0.1, 0.15) is 0 Å². The Morgan fingerprint density at radius 1 is 1.32 bits per heavy atom. The average Bonchev–Trinajstić information content (AvgIpc) is 2.38. The summed E-state index contributed by atoms with van der Waals surface area (Å²) in [7, 11) is 0. The van der Waals surface area contributed by atoms with Gasteiger partial charge in [0.05, 0.1) is 22.5 Å². The van der Waals surface area contributed by atoms with Crippen LogP contribution < -0.4 is 16.6 Å². The lowest BCUT2D eigenvalue weighted by molar-refractivity contribution is 0.102. The third-order valence-electron chi connectivity index (χ3n) is 2.37. The van der Waals surface area contributed by atoms with Crippen molar-refractivity contribution in [2.24, 2.45) is 5.84 Å². The van der Waals surface area contributed by atoms with Crippen molar-refractivity contribution in [2.75, 3.05) is 10.7 Å². The summed E-state index contributed by atoms with van der Waals surface area (Å²) >= 11 is 5.90. The zero-order valence-corrected chi connectivity index (χ0v) is 10.9. The molecule has 0 saturated heterocycles. The van der Waals surface area contributed by atoms with E-state index in [2.05, 4.69) is 20.7 Å². The van der Waals surface area contributed by atoms with Gasteiger partial charge in [0.15, 0.2) is 5.82 Å². The Morgan fingerprint density at radius 3 is 2.74 bits per heavy atom. The van der Waals surface area contributed by atoms with Gasteiger partial charge in [0, 0.05) is 12.4 Å². The van der Waals surface area contributed by atoms with E-state index in [9.17, 15) is 4.79 Å². The second kappa shape index (κ2) is 5.64. The molecule has 0 aliphatic heterocycles. The molecule has 0 aliphatic carbocycles. The van der Waals surface area contributed by atoms with Gasteiger partial charge in [-0.25, -0.2) is 10.8 Å². The molecular formula is C12H12ClN5O. The molecule has 0 fully saturated rings. The van der Waals surface area contributed by atoms with E-state index >= 15 is 0 Å². The summed E-state index contributed by atoms with van der Waals surface area (Å²) in [5, 5.41) is 2.99. The highest BCUT2D eigenvalue weighted by Crippen LogP contribution is 2.19. The first-order valence-corrected chi connectivity index (χ1v) is 5.83. The number of aryl methyl sites for hydroxylation is 1. The van der Waals surface area contributed by atoms with Crippen LogP contribution in [0.5, 0.6) is 0 Å². The number of nitrogens with two attached hydrogens (primary N) is 1. The highest BCUT2D eigenvalue weighted by Gasteiger charge is 2.10. The van der Waals surface area contributed by atoms with Crippen LogP contribution in [0.4, 0.5) is 11.5 Å². The van der Waals surface area contributed by atoms with Crippen molar-refractivity contribution < 1.29 is 4.79 Å². The first kappa shape index (κ1) is 13.3. The van der Waals surface area contributed by atoms with E-state index in [0.29, 0.717) is 17.1 Å². The molecule has 0 aliphatic rings. The van der Waals surface area contributed by atoms with Gasteiger partial charge in [-0.1, -0.05) is 11.6 Å². The van der Waals surface area contributed by atoms with Crippen molar-refractivity contribution >= 4 is 29.0 Å². The maximum Gasteiger partial charge on any atom is 0.257 e. The van der Waals surface area contributed by atoms with E-state index in [0.717, 1.165) is 5.56 Å². The van der Waals surface area contributed by atoms with Crippen molar-refractivity contribution in [3.05, 3.63) is 46.9 Å². The Labute approximate surface area is 115 Å². The maximum absolute atomic E-state index is 12.0. The summed E-state index contributed by atoms with van der Waals surface area (Å²) in [6, 6.07) is 3.30. The summed E-state index contributed by atoms with van der Waals surface area (Å²) in [5.41, 5.74) is 4.24. The fourth-order valence-corrected chi connectivity index (χ4v) is 1.72. The quantitative estimate of drug-likeness (QED) is 0.589. The van der Waals surface area contributed by atoms with E-state index in [1.807, 2.05) is 13.0 Å². The van der Waals surface area contributed by atoms with Crippen LogP contribution >= 0.6 is 11.6 Å². The maximum atomic E-state index is 12.0. The van der Waals surface area contributed by atoms with Gasteiger partial charge in [0.25, 0.3) is 5.91 Å². The standard InChI is InChI=1S/C12H12ClN5O/c1-7-2-9(6-15-4-7)17-12(19)8-3-10(13)11(18-14)16-5-8/h2-6H,14H2,1H3,(H,16,18)(H,17,19). The van der Waals surface area contributed by atoms with Crippen LogP contribution in [0.15, 0.2) is 30.7 Å². The average molecular weight is 278 g/mol. The van der Waals surface area contributed by atoms with Crippen molar-refractivity contribution in [3.63, 3.8) is 0 Å². The lowest BCUT2D eigenvalue weighted by Crippen LogP contribution is -2.14. The van der Waals surface area contributed by atoms with Gasteiger partial charge in [-0.15, -0.1) is 0 Å². The number of rotatable bonds is 3. The van der Waals surface area contributed by atoms with Crippen LogP contribution in [0, 0.1) is 6.92 Å². The van der Waals surface area contributed by atoms with Crippen molar-refractivity contribution in [1.82, 2.24) is 9.97 Å². The van der Waals surface area contributed by atoms with Crippen LogP contribution in [-0.2, 0) is 0 Å². The number of carbonyl (C=O) groups excluding carboxylic acids is 1. The first-order chi connectivity index (χ1) is 9.10. The van der Waals surface area contributed by atoms with Crippen molar-refractivity contribution in [3.8, 4) is 0 Å². The largest absolute Gasteiger partial charge is 0.321 e. The number of hydrogen-bond donors (Lipinski definition) is 3. The second-order valence-corrected chi connectivity index (χ2v) is 4.31. The normalized spacial score (nSPS) is 10.1. The molecule has 0 saturated carbocycles. The molecule has 2 aromatic heterocycles. The molecule has 2 rings (SSSR count). The van der Waals surface area contributed by atoms with E-state index in [4.69, 9.17) is 17.4 Å².